The van der Waals surface area contributed by atoms with Crippen molar-refractivity contribution >= 4 is 11.6 Å². The van der Waals surface area contributed by atoms with Gasteiger partial charge in [-0.15, -0.1) is 11.6 Å². The average molecular weight is 144 g/mol. The Labute approximate surface area is 60.9 Å². The zero-order valence-corrected chi connectivity index (χ0v) is 6.28. The molecule has 0 radical (unpaired) electrons. The van der Waals surface area contributed by atoms with Crippen molar-refractivity contribution in [2.75, 3.05) is 5.88 Å². The fraction of sp³-hybridized carbons (Fsp3) is 0.571. The van der Waals surface area contributed by atoms with Crippen LogP contribution in [0.3, 0.4) is 0 Å². The largest absolute Gasteiger partial charge is 0.193 e. The molecule has 50 valence electrons. The topological polar surface area (TPSA) is 23.8 Å². The van der Waals surface area contributed by atoms with E-state index in [2.05, 4.69) is 6.07 Å². The van der Waals surface area contributed by atoms with Crippen LogP contribution in [-0.2, 0) is 0 Å². The fourth-order valence-electron chi connectivity index (χ4n) is 0.498. The Hall–Kier alpha value is -0.480. The molecular formula is C7H10ClN. The van der Waals surface area contributed by atoms with Gasteiger partial charge >= 0.3 is 0 Å². The molecular weight excluding hydrogens is 134 g/mol. The van der Waals surface area contributed by atoms with Gasteiger partial charge in [-0.2, -0.15) is 5.26 Å². The summed E-state index contributed by atoms with van der Waals surface area (Å²) in [7, 11) is 0. The summed E-state index contributed by atoms with van der Waals surface area (Å²) in [5.41, 5.74) is 0.829. The molecule has 0 aromatic heterocycles. The van der Waals surface area contributed by atoms with Gasteiger partial charge in [-0.25, -0.2) is 0 Å². The van der Waals surface area contributed by atoms with Crippen LogP contribution in [0.1, 0.15) is 19.8 Å². The molecule has 0 rings (SSSR count). The van der Waals surface area contributed by atoms with Gasteiger partial charge in [0, 0.05) is 11.5 Å². The van der Waals surface area contributed by atoms with Crippen LogP contribution in [0.25, 0.3) is 0 Å². The molecule has 9 heavy (non-hydrogen) atoms. The van der Waals surface area contributed by atoms with E-state index >= 15 is 0 Å². The quantitative estimate of drug-likeness (QED) is 0.440. The normalized spacial score (nSPS) is 11.0. The van der Waals surface area contributed by atoms with E-state index in [9.17, 15) is 0 Å². The molecule has 0 heterocycles. The van der Waals surface area contributed by atoms with Gasteiger partial charge in [0.25, 0.3) is 0 Å². The summed E-state index contributed by atoms with van der Waals surface area (Å²) in [6.45, 7) is 1.96. The van der Waals surface area contributed by atoms with Gasteiger partial charge in [0.05, 0.1) is 6.07 Å². The maximum absolute atomic E-state index is 8.39. The van der Waals surface area contributed by atoms with Crippen LogP contribution in [0.2, 0.25) is 0 Å². The second kappa shape index (κ2) is 5.65. The van der Waals surface area contributed by atoms with E-state index < -0.39 is 0 Å². The predicted molar refractivity (Wildman–Crippen MR) is 39.3 cm³/mol. The van der Waals surface area contributed by atoms with Crippen LogP contribution in [0.15, 0.2) is 11.6 Å². The van der Waals surface area contributed by atoms with E-state index in [0.29, 0.717) is 5.88 Å². The Morgan fingerprint density at radius 2 is 2.44 bits per heavy atom. The number of rotatable bonds is 3. The summed E-state index contributed by atoms with van der Waals surface area (Å²) in [5, 5.41) is 8.39. The van der Waals surface area contributed by atoms with Crippen LogP contribution >= 0.6 is 11.6 Å². The van der Waals surface area contributed by atoms with E-state index in [1.54, 1.807) is 0 Å². The maximum atomic E-state index is 8.39. The highest BCUT2D eigenvalue weighted by molar-refractivity contribution is 6.17. The minimum absolute atomic E-state index is 0.602. The van der Waals surface area contributed by atoms with Crippen molar-refractivity contribution in [2.24, 2.45) is 0 Å². The average Bonchev–Trinajstić information content (AvgIpc) is 1.91. The van der Waals surface area contributed by atoms with E-state index in [1.807, 2.05) is 13.0 Å². The first-order chi connectivity index (χ1) is 4.35. The second-order valence-corrected chi connectivity index (χ2v) is 2.05. The van der Waals surface area contributed by atoms with Gasteiger partial charge in [-0.05, 0) is 12.8 Å². The molecule has 0 bridgehead atoms. The molecule has 0 atom stereocenters. The molecule has 0 fully saturated rings. The standard InChI is InChI=1S/C7H10ClN/c1-2-7(6-9)4-3-5-8/h4H,2-3,5H2,1H3/b7-4+. The molecule has 0 N–H and O–H groups in total. The summed E-state index contributed by atoms with van der Waals surface area (Å²) < 4.78 is 0. The fourth-order valence-corrected chi connectivity index (χ4v) is 0.607. The van der Waals surface area contributed by atoms with Gasteiger partial charge in [0.2, 0.25) is 0 Å². The number of halogens is 1. The van der Waals surface area contributed by atoms with Crippen molar-refractivity contribution in [2.45, 2.75) is 19.8 Å². The van der Waals surface area contributed by atoms with Crippen LogP contribution < -0.4 is 0 Å². The molecule has 0 saturated carbocycles. The molecule has 0 aliphatic rings. The maximum Gasteiger partial charge on any atom is 0.0943 e. The van der Waals surface area contributed by atoms with Gasteiger partial charge in [0.15, 0.2) is 0 Å². The van der Waals surface area contributed by atoms with Crippen LogP contribution in [0.4, 0.5) is 0 Å². The molecule has 0 aliphatic heterocycles. The third kappa shape index (κ3) is 4.05. The van der Waals surface area contributed by atoms with E-state index in [1.165, 1.54) is 0 Å². The van der Waals surface area contributed by atoms with E-state index in [0.717, 1.165) is 18.4 Å². The highest BCUT2D eigenvalue weighted by Gasteiger charge is 1.87. The first-order valence-electron chi connectivity index (χ1n) is 3.00. The summed E-state index contributed by atoms with van der Waals surface area (Å²) in [6, 6.07) is 2.09. The lowest BCUT2D eigenvalue weighted by atomic mass is 10.2. The Bertz CT molecular complexity index is 132. The minimum atomic E-state index is 0.602. The lowest BCUT2D eigenvalue weighted by molar-refractivity contribution is 1.10. The molecule has 0 amide bonds. The molecule has 0 unspecified atom stereocenters. The first kappa shape index (κ1) is 8.52. The molecule has 2 heteroatoms. The highest BCUT2D eigenvalue weighted by atomic mass is 35.5. The lowest BCUT2D eigenvalue weighted by Gasteiger charge is -1.87. The number of hydrogen-bond donors (Lipinski definition) is 0. The van der Waals surface area contributed by atoms with Crippen LogP contribution in [0, 0.1) is 11.3 Å². The molecule has 0 aromatic rings. The third-order valence-corrected chi connectivity index (χ3v) is 1.24. The summed E-state index contributed by atoms with van der Waals surface area (Å²) in [6.07, 6.45) is 3.50. The zero-order chi connectivity index (χ0) is 7.11. The number of hydrogen-bond acceptors (Lipinski definition) is 1. The van der Waals surface area contributed by atoms with Crippen molar-refractivity contribution in [1.29, 1.82) is 5.26 Å². The van der Waals surface area contributed by atoms with Gasteiger partial charge in [-0.1, -0.05) is 13.0 Å². The summed E-state index contributed by atoms with van der Waals surface area (Å²) in [5.74, 6) is 0.602. The second-order valence-electron chi connectivity index (χ2n) is 1.67. The summed E-state index contributed by atoms with van der Waals surface area (Å²) >= 11 is 5.41. The molecule has 1 nitrogen and oxygen atoms in total. The van der Waals surface area contributed by atoms with Gasteiger partial charge in [-0.3, -0.25) is 0 Å². The van der Waals surface area contributed by atoms with Gasteiger partial charge in [0.1, 0.15) is 0 Å². The zero-order valence-electron chi connectivity index (χ0n) is 5.52. The molecule has 0 aliphatic carbocycles. The lowest BCUT2D eigenvalue weighted by Crippen LogP contribution is -1.75. The van der Waals surface area contributed by atoms with E-state index in [-0.39, 0.29) is 0 Å². The Morgan fingerprint density at radius 1 is 1.78 bits per heavy atom. The monoisotopic (exact) mass is 143 g/mol. The van der Waals surface area contributed by atoms with E-state index in [4.69, 9.17) is 16.9 Å². The third-order valence-electron chi connectivity index (χ3n) is 1.02. The Kier molecular flexibility index (Phi) is 5.35. The van der Waals surface area contributed by atoms with Crippen molar-refractivity contribution in [3.05, 3.63) is 11.6 Å². The number of nitrogens with zero attached hydrogens (tertiary/aromatic N) is 1. The first-order valence-corrected chi connectivity index (χ1v) is 3.53. The Morgan fingerprint density at radius 3 is 2.78 bits per heavy atom. The van der Waals surface area contributed by atoms with Crippen molar-refractivity contribution in [1.82, 2.24) is 0 Å². The van der Waals surface area contributed by atoms with Crippen molar-refractivity contribution in [3.63, 3.8) is 0 Å². The van der Waals surface area contributed by atoms with Crippen molar-refractivity contribution in [3.8, 4) is 6.07 Å². The Balaban J connectivity index is 3.66. The summed E-state index contributed by atoms with van der Waals surface area (Å²) in [4.78, 5) is 0. The number of alkyl halides is 1. The highest BCUT2D eigenvalue weighted by Crippen LogP contribution is 2.00. The number of nitriles is 1. The van der Waals surface area contributed by atoms with Crippen molar-refractivity contribution < 1.29 is 0 Å². The predicted octanol–water partition coefficient (Wildman–Crippen LogP) is 2.48. The molecule has 0 saturated heterocycles. The van der Waals surface area contributed by atoms with Crippen LogP contribution in [-0.4, -0.2) is 5.88 Å². The van der Waals surface area contributed by atoms with Gasteiger partial charge < -0.3 is 0 Å². The molecule has 0 spiro atoms. The van der Waals surface area contributed by atoms with Crippen LogP contribution in [0.5, 0.6) is 0 Å². The smallest absolute Gasteiger partial charge is 0.0943 e. The number of allylic oxidation sites excluding steroid dienone is 2. The molecule has 0 aromatic carbocycles. The minimum Gasteiger partial charge on any atom is -0.193 e. The SMILES string of the molecule is CC/C(C#N)=C\CCCl.